The van der Waals surface area contributed by atoms with Crippen LogP contribution in [0.4, 0.5) is 0 Å². The van der Waals surface area contributed by atoms with E-state index in [0.717, 1.165) is 51.9 Å². The van der Waals surface area contributed by atoms with E-state index in [-0.39, 0.29) is 18.2 Å². The lowest BCUT2D eigenvalue weighted by Gasteiger charge is -2.26. The normalized spacial score (nSPS) is 29.3. The first-order chi connectivity index (χ1) is 9.98. The molecule has 1 saturated carbocycles. The van der Waals surface area contributed by atoms with Gasteiger partial charge in [0.05, 0.1) is 5.25 Å². The van der Waals surface area contributed by atoms with E-state index >= 15 is 0 Å². The Hall–Kier alpha value is -0.660. The van der Waals surface area contributed by atoms with Crippen molar-refractivity contribution in [2.75, 3.05) is 26.2 Å². The lowest BCUT2D eigenvalue weighted by molar-refractivity contribution is -0.135. The van der Waals surface area contributed by atoms with Crippen LogP contribution in [0.1, 0.15) is 44.9 Å². The minimum Gasteiger partial charge on any atom is -0.342 e. The summed E-state index contributed by atoms with van der Waals surface area (Å²) in [7, 11) is -4.00. The van der Waals surface area contributed by atoms with Crippen LogP contribution >= 0.6 is 0 Å². The topological polar surface area (TPSA) is 86.7 Å². The molecule has 7 heteroatoms. The molecule has 2 fully saturated rings. The van der Waals surface area contributed by atoms with E-state index in [1.165, 1.54) is 0 Å². The number of nitrogens with one attached hydrogen (secondary N) is 1. The fourth-order valence-corrected chi connectivity index (χ4v) is 4.18. The Morgan fingerprint density at radius 3 is 2.48 bits per heavy atom. The number of nitrogens with zero attached hydrogens (tertiary/aromatic N) is 1. The third kappa shape index (κ3) is 4.93. The van der Waals surface area contributed by atoms with Gasteiger partial charge < -0.3 is 10.2 Å². The van der Waals surface area contributed by atoms with Crippen LogP contribution < -0.4 is 5.32 Å². The van der Waals surface area contributed by atoms with Gasteiger partial charge in [0.15, 0.2) is 0 Å². The highest BCUT2D eigenvalue weighted by molar-refractivity contribution is 7.86. The van der Waals surface area contributed by atoms with Crippen molar-refractivity contribution in [3.05, 3.63) is 0 Å². The Morgan fingerprint density at radius 2 is 1.76 bits per heavy atom. The molecule has 2 atom stereocenters. The fraction of sp³-hybridized carbons (Fsp3) is 0.929. The van der Waals surface area contributed by atoms with Crippen molar-refractivity contribution in [1.29, 1.82) is 0 Å². The Labute approximate surface area is 127 Å². The zero-order valence-corrected chi connectivity index (χ0v) is 13.3. The number of hydrogen-bond acceptors (Lipinski definition) is 4. The van der Waals surface area contributed by atoms with E-state index < -0.39 is 15.4 Å². The summed E-state index contributed by atoms with van der Waals surface area (Å²) in [5.74, 6) is -0.172. The van der Waals surface area contributed by atoms with Crippen molar-refractivity contribution in [3.8, 4) is 0 Å². The molecule has 0 aromatic heterocycles. The fourth-order valence-electron chi connectivity index (χ4n) is 3.27. The summed E-state index contributed by atoms with van der Waals surface area (Å²) in [6, 6.07) is 0. The largest absolute Gasteiger partial charge is 0.342 e. The van der Waals surface area contributed by atoms with Gasteiger partial charge in [-0.1, -0.05) is 6.42 Å². The lowest BCUT2D eigenvalue weighted by Crippen LogP contribution is -2.39. The van der Waals surface area contributed by atoms with Crippen molar-refractivity contribution in [2.24, 2.45) is 5.92 Å². The standard InChI is InChI=1S/C14H26N2O4S/c17-14(12-5-6-13(11-12)21(18,19)20)16-9-3-1-2-7-15-8-4-10-16/h12-13,15H,1-11H2,(H,18,19,20). The van der Waals surface area contributed by atoms with Gasteiger partial charge in [0, 0.05) is 19.0 Å². The van der Waals surface area contributed by atoms with Crippen LogP contribution in [0.5, 0.6) is 0 Å². The van der Waals surface area contributed by atoms with Crippen LogP contribution in [0.15, 0.2) is 0 Å². The van der Waals surface area contributed by atoms with Crippen molar-refractivity contribution >= 4 is 16.0 Å². The predicted molar refractivity (Wildman–Crippen MR) is 80.6 cm³/mol. The van der Waals surface area contributed by atoms with Gasteiger partial charge in [0.2, 0.25) is 5.91 Å². The molecule has 1 amide bonds. The molecule has 2 N–H and O–H groups in total. The highest BCUT2D eigenvalue weighted by Crippen LogP contribution is 2.31. The molecular weight excluding hydrogens is 292 g/mol. The number of hydrogen-bond donors (Lipinski definition) is 2. The lowest BCUT2D eigenvalue weighted by atomic mass is 10.1. The van der Waals surface area contributed by atoms with Crippen LogP contribution in [0.2, 0.25) is 0 Å². The van der Waals surface area contributed by atoms with Crippen LogP contribution in [0.25, 0.3) is 0 Å². The van der Waals surface area contributed by atoms with E-state index in [4.69, 9.17) is 4.55 Å². The van der Waals surface area contributed by atoms with Gasteiger partial charge in [0.1, 0.15) is 0 Å². The second-order valence-electron chi connectivity index (χ2n) is 6.14. The molecule has 0 bridgehead atoms. The van der Waals surface area contributed by atoms with Crippen molar-refractivity contribution < 1.29 is 17.8 Å². The molecular formula is C14H26N2O4S. The maximum Gasteiger partial charge on any atom is 0.267 e. The van der Waals surface area contributed by atoms with Crippen LogP contribution in [0.3, 0.4) is 0 Å². The molecule has 1 aliphatic carbocycles. The zero-order chi connectivity index (χ0) is 15.3. The molecule has 21 heavy (non-hydrogen) atoms. The van der Waals surface area contributed by atoms with Gasteiger partial charge >= 0.3 is 0 Å². The predicted octanol–water partition coefficient (Wildman–Crippen LogP) is 1.04. The molecule has 2 unspecified atom stereocenters. The quantitative estimate of drug-likeness (QED) is 0.743. The first-order valence-electron chi connectivity index (χ1n) is 7.94. The van der Waals surface area contributed by atoms with Gasteiger partial charge in [-0.2, -0.15) is 8.42 Å². The molecule has 122 valence electrons. The van der Waals surface area contributed by atoms with Crippen molar-refractivity contribution in [2.45, 2.75) is 50.2 Å². The summed E-state index contributed by atoms with van der Waals surface area (Å²) in [4.78, 5) is 14.5. The number of carbonyl (C=O) groups is 1. The average Bonchev–Trinajstić information content (AvgIpc) is 2.93. The molecule has 0 radical (unpaired) electrons. The van der Waals surface area contributed by atoms with Gasteiger partial charge in [-0.3, -0.25) is 9.35 Å². The summed E-state index contributed by atoms with van der Waals surface area (Å²) in [5.41, 5.74) is 0. The molecule has 1 saturated heterocycles. The zero-order valence-electron chi connectivity index (χ0n) is 12.5. The summed E-state index contributed by atoms with van der Waals surface area (Å²) in [6.45, 7) is 3.47. The van der Waals surface area contributed by atoms with E-state index in [0.29, 0.717) is 12.8 Å². The smallest absolute Gasteiger partial charge is 0.267 e. The minimum absolute atomic E-state index is 0.0710. The Morgan fingerprint density at radius 1 is 1.05 bits per heavy atom. The molecule has 0 spiro atoms. The molecule has 2 aliphatic rings. The maximum absolute atomic E-state index is 12.6. The second-order valence-corrected chi connectivity index (χ2v) is 7.83. The van der Waals surface area contributed by atoms with E-state index in [2.05, 4.69) is 5.32 Å². The maximum atomic E-state index is 12.6. The highest BCUT2D eigenvalue weighted by Gasteiger charge is 2.38. The molecule has 0 aromatic carbocycles. The summed E-state index contributed by atoms with van der Waals surface area (Å²) in [5, 5.41) is 2.60. The SMILES string of the molecule is O=C(C1CCC(S(=O)(=O)O)C1)N1CCCCCNCCC1. The summed E-state index contributed by atoms with van der Waals surface area (Å²) >= 11 is 0. The third-order valence-electron chi connectivity index (χ3n) is 4.53. The van der Waals surface area contributed by atoms with Gasteiger partial charge in [-0.15, -0.1) is 0 Å². The van der Waals surface area contributed by atoms with Crippen LogP contribution in [0, 0.1) is 5.92 Å². The molecule has 2 rings (SSSR count). The van der Waals surface area contributed by atoms with Crippen LogP contribution in [-0.4, -0.2) is 55.2 Å². The first-order valence-corrected chi connectivity index (χ1v) is 9.44. The van der Waals surface area contributed by atoms with Crippen molar-refractivity contribution in [1.82, 2.24) is 10.2 Å². The number of carbonyl (C=O) groups excluding carboxylic acids is 1. The average molecular weight is 318 g/mol. The van der Waals surface area contributed by atoms with Gasteiger partial charge in [-0.25, -0.2) is 0 Å². The molecule has 0 aromatic rings. The third-order valence-corrected chi connectivity index (χ3v) is 5.80. The van der Waals surface area contributed by atoms with E-state index in [9.17, 15) is 13.2 Å². The number of rotatable bonds is 2. The monoisotopic (exact) mass is 318 g/mol. The Kier molecular flexibility index (Phi) is 6.01. The van der Waals surface area contributed by atoms with E-state index in [1.807, 2.05) is 4.90 Å². The van der Waals surface area contributed by atoms with E-state index in [1.54, 1.807) is 0 Å². The first kappa shape index (κ1) is 16.7. The van der Waals surface area contributed by atoms with Crippen LogP contribution in [-0.2, 0) is 14.9 Å². The molecule has 1 aliphatic heterocycles. The molecule has 6 nitrogen and oxygen atoms in total. The summed E-state index contributed by atoms with van der Waals surface area (Å²) in [6.07, 6.45) is 5.41. The van der Waals surface area contributed by atoms with Gasteiger partial charge in [0.25, 0.3) is 10.1 Å². The highest BCUT2D eigenvalue weighted by atomic mass is 32.2. The Balaban J connectivity index is 1.91. The van der Waals surface area contributed by atoms with Gasteiger partial charge in [-0.05, 0) is 51.6 Å². The summed E-state index contributed by atoms with van der Waals surface area (Å²) < 4.78 is 31.5. The molecule has 1 heterocycles. The second kappa shape index (κ2) is 7.56. The minimum atomic E-state index is -4.00. The van der Waals surface area contributed by atoms with Crippen molar-refractivity contribution in [3.63, 3.8) is 0 Å². The Bertz CT molecular complexity index is 442. The number of amides is 1.